The van der Waals surface area contributed by atoms with E-state index in [1.165, 1.54) is 16.7 Å². The molecule has 0 amide bonds. The second kappa shape index (κ2) is 6.18. The first-order valence-corrected chi connectivity index (χ1v) is 7.28. The predicted octanol–water partition coefficient (Wildman–Crippen LogP) is 5.48. The SMILES string of the molecule is BrC/C(Br)=C/c1ccc(-c2ccccc2)cc1. The number of alkyl halides is 1. The van der Waals surface area contributed by atoms with Crippen molar-refractivity contribution in [3.05, 3.63) is 64.6 Å². The van der Waals surface area contributed by atoms with Gasteiger partial charge in [-0.1, -0.05) is 86.5 Å². The van der Waals surface area contributed by atoms with E-state index in [2.05, 4.69) is 86.5 Å². The Morgan fingerprint density at radius 2 is 1.47 bits per heavy atom. The summed E-state index contributed by atoms with van der Waals surface area (Å²) < 4.78 is 1.14. The number of rotatable bonds is 3. The number of allylic oxidation sites excluding steroid dienone is 1. The quantitative estimate of drug-likeness (QED) is 0.642. The molecule has 0 fully saturated rings. The molecule has 0 saturated carbocycles. The van der Waals surface area contributed by atoms with Crippen molar-refractivity contribution in [2.75, 3.05) is 5.33 Å². The van der Waals surface area contributed by atoms with Crippen molar-refractivity contribution in [1.82, 2.24) is 0 Å². The Morgan fingerprint density at radius 1 is 0.882 bits per heavy atom. The summed E-state index contributed by atoms with van der Waals surface area (Å²) in [6, 6.07) is 19.0. The molecule has 17 heavy (non-hydrogen) atoms. The third-order valence-corrected chi connectivity index (χ3v) is 4.33. The van der Waals surface area contributed by atoms with Crippen LogP contribution in [0.15, 0.2) is 59.1 Å². The van der Waals surface area contributed by atoms with Crippen LogP contribution in [0.2, 0.25) is 0 Å². The second-order valence-corrected chi connectivity index (χ2v) is 5.29. The minimum absolute atomic E-state index is 0.841. The highest BCUT2D eigenvalue weighted by Crippen LogP contribution is 2.21. The number of hydrogen-bond donors (Lipinski definition) is 0. The van der Waals surface area contributed by atoms with Crippen molar-refractivity contribution in [2.24, 2.45) is 0 Å². The summed E-state index contributed by atoms with van der Waals surface area (Å²) in [4.78, 5) is 0. The molecule has 0 aliphatic heterocycles. The number of benzene rings is 2. The molecule has 0 atom stereocenters. The summed E-state index contributed by atoms with van der Waals surface area (Å²) in [5.41, 5.74) is 3.70. The molecule has 2 aromatic rings. The predicted molar refractivity (Wildman–Crippen MR) is 82.6 cm³/mol. The Labute approximate surface area is 119 Å². The van der Waals surface area contributed by atoms with Gasteiger partial charge >= 0.3 is 0 Å². The summed E-state index contributed by atoms with van der Waals surface area (Å²) in [6.45, 7) is 0. The summed E-state index contributed by atoms with van der Waals surface area (Å²) in [5, 5.41) is 0.841. The fraction of sp³-hybridized carbons (Fsp3) is 0.0667. The normalized spacial score (nSPS) is 11.5. The zero-order valence-electron chi connectivity index (χ0n) is 9.24. The first kappa shape index (κ1) is 12.6. The van der Waals surface area contributed by atoms with Crippen LogP contribution in [0, 0.1) is 0 Å². The summed E-state index contributed by atoms with van der Waals surface area (Å²) in [6.07, 6.45) is 2.11. The molecule has 2 aromatic carbocycles. The van der Waals surface area contributed by atoms with Crippen molar-refractivity contribution in [2.45, 2.75) is 0 Å². The molecule has 0 heterocycles. The van der Waals surface area contributed by atoms with Crippen LogP contribution in [0.3, 0.4) is 0 Å². The highest BCUT2D eigenvalue weighted by atomic mass is 79.9. The lowest BCUT2D eigenvalue weighted by Gasteiger charge is -2.02. The van der Waals surface area contributed by atoms with Crippen molar-refractivity contribution in [3.8, 4) is 11.1 Å². The van der Waals surface area contributed by atoms with Crippen molar-refractivity contribution < 1.29 is 0 Å². The van der Waals surface area contributed by atoms with Gasteiger partial charge in [-0.3, -0.25) is 0 Å². The van der Waals surface area contributed by atoms with Gasteiger partial charge in [0.05, 0.1) is 0 Å². The van der Waals surface area contributed by atoms with Gasteiger partial charge in [0.15, 0.2) is 0 Å². The first-order valence-electron chi connectivity index (χ1n) is 5.37. The van der Waals surface area contributed by atoms with Crippen molar-refractivity contribution >= 4 is 37.9 Å². The van der Waals surface area contributed by atoms with E-state index in [1.807, 2.05) is 6.07 Å². The van der Waals surface area contributed by atoms with Crippen LogP contribution in [0.5, 0.6) is 0 Å². The van der Waals surface area contributed by atoms with Gasteiger partial charge in [-0.25, -0.2) is 0 Å². The van der Waals surface area contributed by atoms with E-state index < -0.39 is 0 Å². The van der Waals surface area contributed by atoms with E-state index in [-0.39, 0.29) is 0 Å². The Hall–Kier alpha value is -0.860. The molecule has 0 N–H and O–H groups in total. The maximum Gasteiger partial charge on any atom is 0.0349 e. The second-order valence-electron chi connectivity index (χ2n) is 3.71. The standard InChI is InChI=1S/C15H12Br2/c16-11-15(17)10-12-6-8-14(9-7-12)13-4-2-1-3-5-13/h1-10H,11H2/b15-10-. The van der Waals surface area contributed by atoms with E-state index in [1.54, 1.807) is 0 Å². The molecule has 0 aliphatic rings. The molecule has 0 bridgehead atoms. The van der Waals surface area contributed by atoms with Crippen LogP contribution in [-0.2, 0) is 0 Å². The fourth-order valence-electron chi connectivity index (χ4n) is 1.62. The largest absolute Gasteiger partial charge is 0.0870 e. The van der Waals surface area contributed by atoms with Crippen LogP contribution in [0.4, 0.5) is 0 Å². The highest BCUT2D eigenvalue weighted by Gasteiger charge is 1.96. The van der Waals surface area contributed by atoms with Crippen LogP contribution in [-0.4, -0.2) is 5.33 Å². The summed E-state index contributed by atoms with van der Waals surface area (Å²) in [7, 11) is 0. The van der Waals surface area contributed by atoms with Gasteiger partial charge in [0, 0.05) is 9.81 Å². The molecule has 0 nitrogen and oxygen atoms in total. The lowest BCUT2D eigenvalue weighted by Crippen LogP contribution is -1.79. The smallest absolute Gasteiger partial charge is 0.0349 e. The first-order chi connectivity index (χ1) is 8.29. The molecule has 0 saturated heterocycles. The molecule has 2 rings (SSSR count). The Kier molecular flexibility index (Phi) is 4.57. The van der Waals surface area contributed by atoms with Crippen LogP contribution in [0.25, 0.3) is 17.2 Å². The van der Waals surface area contributed by atoms with Crippen LogP contribution < -0.4 is 0 Å². The van der Waals surface area contributed by atoms with E-state index >= 15 is 0 Å². The van der Waals surface area contributed by atoms with E-state index in [0.29, 0.717) is 0 Å². The molecule has 0 aromatic heterocycles. The molecule has 0 unspecified atom stereocenters. The van der Waals surface area contributed by atoms with Crippen LogP contribution in [0.1, 0.15) is 5.56 Å². The van der Waals surface area contributed by atoms with Crippen LogP contribution >= 0.6 is 31.9 Å². The zero-order chi connectivity index (χ0) is 12.1. The Balaban J connectivity index is 2.25. The molecule has 2 heteroatoms. The van der Waals surface area contributed by atoms with Crippen molar-refractivity contribution in [1.29, 1.82) is 0 Å². The van der Waals surface area contributed by atoms with E-state index in [4.69, 9.17) is 0 Å². The fourth-order valence-corrected chi connectivity index (χ4v) is 2.05. The molecule has 0 spiro atoms. The lowest BCUT2D eigenvalue weighted by atomic mass is 10.0. The zero-order valence-corrected chi connectivity index (χ0v) is 12.4. The van der Waals surface area contributed by atoms with E-state index in [9.17, 15) is 0 Å². The average Bonchev–Trinajstić information content (AvgIpc) is 2.40. The highest BCUT2D eigenvalue weighted by molar-refractivity contribution is 9.13. The monoisotopic (exact) mass is 350 g/mol. The Bertz CT molecular complexity index is 498. The minimum atomic E-state index is 0.841. The third kappa shape index (κ3) is 3.55. The molecule has 86 valence electrons. The molecule has 0 aliphatic carbocycles. The van der Waals surface area contributed by atoms with Gasteiger partial charge < -0.3 is 0 Å². The topological polar surface area (TPSA) is 0 Å². The lowest BCUT2D eigenvalue weighted by molar-refractivity contribution is 1.59. The van der Waals surface area contributed by atoms with Gasteiger partial charge in [0.25, 0.3) is 0 Å². The molecule has 0 radical (unpaired) electrons. The van der Waals surface area contributed by atoms with Gasteiger partial charge in [-0.2, -0.15) is 0 Å². The summed E-state index contributed by atoms with van der Waals surface area (Å²) in [5.74, 6) is 0. The van der Waals surface area contributed by atoms with Gasteiger partial charge in [-0.15, -0.1) is 0 Å². The average molecular weight is 352 g/mol. The van der Waals surface area contributed by atoms with Gasteiger partial charge in [0.1, 0.15) is 0 Å². The van der Waals surface area contributed by atoms with Gasteiger partial charge in [-0.05, 0) is 22.8 Å². The number of halogens is 2. The third-order valence-electron chi connectivity index (χ3n) is 2.47. The Morgan fingerprint density at radius 3 is 2.06 bits per heavy atom. The molecular weight excluding hydrogens is 340 g/mol. The summed E-state index contributed by atoms with van der Waals surface area (Å²) >= 11 is 6.90. The maximum absolute atomic E-state index is 3.49. The van der Waals surface area contributed by atoms with E-state index in [0.717, 1.165) is 9.81 Å². The molecular formula is C15H12Br2. The van der Waals surface area contributed by atoms with Crippen molar-refractivity contribution in [3.63, 3.8) is 0 Å². The maximum atomic E-state index is 3.49. The minimum Gasteiger partial charge on any atom is -0.0870 e. The number of hydrogen-bond acceptors (Lipinski definition) is 0. The van der Waals surface area contributed by atoms with Gasteiger partial charge in [0.2, 0.25) is 0 Å².